The maximum atomic E-state index is 13.8. The normalized spacial score (nSPS) is 9.92. The fourth-order valence-electron chi connectivity index (χ4n) is 1.95. The second kappa shape index (κ2) is 7.97. The zero-order valence-electron chi connectivity index (χ0n) is 13.5. The van der Waals surface area contributed by atoms with Crippen LogP contribution in [-0.2, 0) is 11.3 Å². The van der Waals surface area contributed by atoms with Crippen LogP contribution in [0.3, 0.4) is 0 Å². The number of hydrogen-bond acceptors (Lipinski definition) is 4. The summed E-state index contributed by atoms with van der Waals surface area (Å²) >= 11 is 0. The van der Waals surface area contributed by atoms with Gasteiger partial charge in [-0.15, -0.1) is 0 Å². The number of nitrogens with one attached hydrogen (secondary N) is 1. The van der Waals surface area contributed by atoms with Crippen molar-refractivity contribution in [1.29, 1.82) is 5.26 Å². The third-order valence-corrected chi connectivity index (χ3v) is 3.35. The van der Waals surface area contributed by atoms with Gasteiger partial charge in [0.1, 0.15) is 11.6 Å². The Bertz CT molecular complexity index is 769. The van der Waals surface area contributed by atoms with Crippen LogP contribution in [0.2, 0.25) is 0 Å². The van der Waals surface area contributed by atoms with E-state index in [1.807, 2.05) is 12.1 Å². The molecule has 2 aromatic rings. The van der Waals surface area contributed by atoms with E-state index in [4.69, 9.17) is 10.00 Å². The molecule has 24 heavy (non-hydrogen) atoms. The van der Waals surface area contributed by atoms with Gasteiger partial charge in [-0.25, -0.2) is 4.39 Å². The maximum absolute atomic E-state index is 13.8. The van der Waals surface area contributed by atoms with Crippen LogP contribution in [0, 0.1) is 17.1 Å². The van der Waals surface area contributed by atoms with Gasteiger partial charge in [-0.1, -0.05) is 6.07 Å². The summed E-state index contributed by atoms with van der Waals surface area (Å²) in [4.78, 5) is 13.0. The van der Waals surface area contributed by atoms with Crippen LogP contribution >= 0.6 is 0 Å². The van der Waals surface area contributed by atoms with Crippen molar-refractivity contribution < 1.29 is 13.9 Å². The number of amides is 1. The Labute approximate surface area is 140 Å². The lowest BCUT2D eigenvalue weighted by atomic mass is 10.1. The highest BCUT2D eigenvalue weighted by atomic mass is 19.1. The number of nitrogens with zero attached hydrogens (tertiary/aromatic N) is 2. The standard InChI is InChI=1S/C18H18FN3O2/c1-22(2)18(23)12-24-16-5-3-4-15(9-16)21-11-14-8-13(10-20)6-7-17(14)19/h3-9,21H,11-12H2,1-2H3. The smallest absolute Gasteiger partial charge is 0.259 e. The number of hydrogen-bond donors (Lipinski definition) is 1. The van der Waals surface area contributed by atoms with Gasteiger partial charge >= 0.3 is 0 Å². The van der Waals surface area contributed by atoms with Crippen LogP contribution in [-0.4, -0.2) is 31.5 Å². The van der Waals surface area contributed by atoms with Gasteiger partial charge in [0.25, 0.3) is 5.91 Å². The number of rotatable bonds is 6. The Kier molecular flexibility index (Phi) is 5.74. The average Bonchev–Trinajstić information content (AvgIpc) is 2.59. The highest BCUT2D eigenvalue weighted by Gasteiger charge is 2.06. The second-order valence-corrected chi connectivity index (χ2v) is 5.38. The van der Waals surface area contributed by atoms with Gasteiger partial charge in [-0.05, 0) is 30.3 Å². The van der Waals surface area contributed by atoms with E-state index in [1.165, 1.54) is 23.1 Å². The fraction of sp³-hybridized carbons (Fsp3) is 0.222. The first-order chi connectivity index (χ1) is 11.5. The summed E-state index contributed by atoms with van der Waals surface area (Å²) < 4.78 is 19.2. The minimum atomic E-state index is -0.370. The number of ether oxygens (including phenoxy) is 1. The molecule has 5 nitrogen and oxygen atoms in total. The molecule has 0 saturated heterocycles. The predicted octanol–water partition coefficient (Wildman–Crippen LogP) is 2.78. The third kappa shape index (κ3) is 4.71. The van der Waals surface area contributed by atoms with Gasteiger partial charge in [0.2, 0.25) is 0 Å². The number of likely N-dealkylation sites (N-methyl/N-ethyl adjacent to an activating group) is 1. The second-order valence-electron chi connectivity index (χ2n) is 5.38. The monoisotopic (exact) mass is 327 g/mol. The molecule has 124 valence electrons. The maximum Gasteiger partial charge on any atom is 0.259 e. The number of benzene rings is 2. The number of nitriles is 1. The SMILES string of the molecule is CN(C)C(=O)COc1cccc(NCc2cc(C#N)ccc2F)c1. The number of halogens is 1. The van der Waals surface area contributed by atoms with Crippen LogP contribution < -0.4 is 10.1 Å². The van der Waals surface area contributed by atoms with E-state index < -0.39 is 0 Å². The molecule has 0 spiro atoms. The lowest BCUT2D eigenvalue weighted by molar-refractivity contribution is -0.130. The minimum Gasteiger partial charge on any atom is -0.484 e. The molecule has 0 aliphatic rings. The molecule has 0 radical (unpaired) electrons. The quantitative estimate of drug-likeness (QED) is 0.886. The first-order valence-corrected chi connectivity index (χ1v) is 7.35. The topological polar surface area (TPSA) is 65.4 Å². The molecule has 0 heterocycles. The number of anilines is 1. The molecule has 0 fully saturated rings. The molecule has 0 unspecified atom stereocenters. The van der Waals surface area contributed by atoms with Crippen molar-refractivity contribution >= 4 is 11.6 Å². The van der Waals surface area contributed by atoms with Crippen molar-refractivity contribution in [3.05, 3.63) is 59.4 Å². The van der Waals surface area contributed by atoms with Crippen LogP contribution in [0.1, 0.15) is 11.1 Å². The molecule has 0 aromatic heterocycles. The molecule has 0 bridgehead atoms. The Morgan fingerprint density at radius 3 is 2.79 bits per heavy atom. The molecule has 0 aliphatic carbocycles. The van der Waals surface area contributed by atoms with Crippen molar-refractivity contribution in [2.75, 3.05) is 26.0 Å². The van der Waals surface area contributed by atoms with E-state index in [-0.39, 0.29) is 24.9 Å². The zero-order valence-corrected chi connectivity index (χ0v) is 13.5. The summed E-state index contributed by atoms with van der Waals surface area (Å²) in [6, 6.07) is 13.3. The Hall–Kier alpha value is -3.07. The largest absolute Gasteiger partial charge is 0.484 e. The summed E-state index contributed by atoms with van der Waals surface area (Å²) in [6.45, 7) is 0.191. The first-order valence-electron chi connectivity index (χ1n) is 7.35. The molecule has 0 atom stereocenters. The van der Waals surface area contributed by atoms with Crippen molar-refractivity contribution in [2.24, 2.45) is 0 Å². The van der Waals surface area contributed by atoms with E-state index in [9.17, 15) is 9.18 Å². The van der Waals surface area contributed by atoms with E-state index in [0.29, 0.717) is 16.9 Å². The van der Waals surface area contributed by atoms with E-state index >= 15 is 0 Å². The predicted molar refractivity (Wildman–Crippen MR) is 89.1 cm³/mol. The van der Waals surface area contributed by atoms with Crippen molar-refractivity contribution in [1.82, 2.24) is 4.90 Å². The Balaban J connectivity index is 2.00. The van der Waals surface area contributed by atoms with Gasteiger partial charge in [0, 0.05) is 38.0 Å². The number of carbonyl (C=O) groups is 1. The van der Waals surface area contributed by atoms with Crippen LogP contribution in [0.4, 0.5) is 10.1 Å². The van der Waals surface area contributed by atoms with E-state index in [0.717, 1.165) is 5.69 Å². The third-order valence-electron chi connectivity index (χ3n) is 3.35. The van der Waals surface area contributed by atoms with Crippen molar-refractivity contribution in [3.63, 3.8) is 0 Å². The zero-order chi connectivity index (χ0) is 17.5. The molecule has 1 amide bonds. The summed E-state index contributed by atoms with van der Waals surface area (Å²) in [5.74, 6) is 0.0377. The first kappa shape index (κ1) is 17.3. The molecular weight excluding hydrogens is 309 g/mol. The molecule has 2 aromatic carbocycles. The number of carbonyl (C=O) groups excluding carboxylic acids is 1. The molecular formula is C18H18FN3O2. The van der Waals surface area contributed by atoms with Gasteiger partial charge in [0.05, 0.1) is 11.6 Å². The molecule has 0 saturated carbocycles. The Morgan fingerprint density at radius 2 is 2.08 bits per heavy atom. The van der Waals surface area contributed by atoms with E-state index in [2.05, 4.69) is 5.32 Å². The van der Waals surface area contributed by atoms with Crippen LogP contribution in [0.15, 0.2) is 42.5 Å². The van der Waals surface area contributed by atoms with Gasteiger partial charge in [-0.2, -0.15) is 5.26 Å². The summed E-state index contributed by atoms with van der Waals surface area (Å²) in [7, 11) is 3.32. The summed E-state index contributed by atoms with van der Waals surface area (Å²) in [5, 5.41) is 12.0. The fourth-order valence-corrected chi connectivity index (χ4v) is 1.95. The molecule has 1 N–H and O–H groups in total. The lowest BCUT2D eigenvalue weighted by Crippen LogP contribution is -2.27. The highest BCUT2D eigenvalue weighted by molar-refractivity contribution is 5.77. The lowest BCUT2D eigenvalue weighted by Gasteiger charge is -2.13. The highest BCUT2D eigenvalue weighted by Crippen LogP contribution is 2.19. The van der Waals surface area contributed by atoms with Crippen LogP contribution in [0.5, 0.6) is 5.75 Å². The van der Waals surface area contributed by atoms with Gasteiger partial charge < -0.3 is 15.0 Å². The molecule has 0 aliphatic heterocycles. The van der Waals surface area contributed by atoms with E-state index in [1.54, 1.807) is 32.3 Å². The van der Waals surface area contributed by atoms with Gasteiger partial charge in [-0.3, -0.25) is 4.79 Å². The average molecular weight is 327 g/mol. The molecule has 2 rings (SSSR count). The Morgan fingerprint density at radius 1 is 1.29 bits per heavy atom. The summed E-state index contributed by atoms with van der Waals surface area (Å²) in [6.07, 6.45) is 0. The van der Waals surface area contributed by atoms with Crippen LogP contribution in [0.25, 0.3) is 0 Å². The minimum absolute atomic E-state index is 0.0463. The van der Waals surface area contributed by atoms with Gasteiger partial charge in [0.15, 0.2) is 6.61 Å². The summed E-state index contributed by atoms with van der Waals surface area (Å²) in [5.41, 5.74) is 1.54. The van der Waals surface area contributed by atoms with Crippen molar-refractivity contribution in [3.8, 4) is 11.8 Å². The van der Waals surface area contributed by atoms with Crippen molar-refractivity contribution in [2.45, 2.75) is 6.54 Å². The molecule has 6 heteroatoms.